The molecule has 0 saturated heterocycles. The zero-order valence-corrected chi connectivity index (χ0v) is 17.5. The average molecular weight is 417 g/mol. The Hall–Kier alpha value is -2.81. The van der Waals surface area contributed by atoms with Gasteiger partial charge in [0.1, 0.15) is 0 Å². The second-order valence-electron chi connectivity index (χ2n) is 7.61. The van der Waals surface area contributed by atoms with E-state index in [9.17, 15) is 18.0 Å². The van der Waals surface area contributed by atoms with Crippen LogP contribution in [0.4, 0.5) is 4.79 Å². The highest BCUT2D eigenvalue weighted by atomic mass is 32.2. The van der Waals surface area contributed by atoms with Crippen LogP contribution in [0.15, 0.2) is 40.5 Å². The number of amides is 2. The Balaban J connectivity index is 1.99. The Morgan fingerprint density at radius 3 is 2.83 bits per heavy atom. The van der Waals surface area contributed by atoms with Crippen LogP contribution in [0.1, 0.15) is 24.5 Å². The van der Waals surface area contributed by atoms with Crippen molar-refractivity contribution in [1.82, 2.24) is 20.1 Å². The summed E-state index contributed by atoms with van der Waals surface area (Å²) in [5.41, 5.74) is 3.76. The molecular formula is C20H24N4O4S. The minimum atomic E-state index is -3.33. The van der Waals surface area contributed by atoms with Crippen LogP contribution in [-0.2, 0) is 16.9 Å². The zero-order valence-electron chi connectivity index (χ0n) is 16.7. The number of aryl methyl sites for hydroxylation is 1. The molecule has 1 aromatic heterocycles. The molecule has 1 aromatic rings. The van der Waals surface area contributed by atoms with Gasteiger partial charge in [-0.25, -0.2) is 13.2 Å². The van der Waals surface area contributed by atoms with E-state index >= 15 is 0 Å². The molecular weight excluding hydrogens is 392 g/mol. The SMILES string of the molecule is CCNC(=O)N1C=C2C=C(CS(C)(=O)=O)c3ccn(C)c(=O)c3C3=C2C1CCN3. The quantitative estimate of drug-likeness (QED) is 0.760. The van der Waals surface area contributed by atoms with E-state index in [-0.39, 0.29) is 23.4 Å². The topological polar surface area (TPSA) is 101 Å². The third-order valence-corrected chi connectivity index (χ3v) is 6.26. The van der Waals surface area contributed by atoms with Crippen molar-refractivity contribution in [2.24, 2.45) is 7.05 Å². The fraction of sp³-hybridized carbons (Fsp3) is 0.400. The number of allylic oxidation sites excluding steroid dienone is 1. The molecule has 1 aliphatic carbocycles. The van der Waals surface area contributed by atoms with E-state index in [0.717, 1.165) is 11.1 Å². The zero-order chi connectivity index (χ0) is 20.9. The van der Waals surface area contributed by atoms with Gasteiger partial charge in [0.15, 0.2) is 9.84 Å². The molecule has 1 atom stereocenters. The molecule has 3 heterocycles. The summed E-state index contributed by atoms with van der Waals surface area (Å²) in [5.74, 6) is -0.184. The number of nitrogens with zero attached hydrogens (tertiary/aromatic N) is 2. The predicted molar refractivity (Wildman–Crippen MR) is 112 cm³/mol. The number of sulfone groups is 1. The molecule has 0 aromatic carbocycles. The maximum atomic E-state index is 13.1. The number of rotatable bonds is 3. The lowest BCUT2D eigenvalue weighted by atomic mass is 9.92. The van der Waals surface area contributed by atoms with E-state index in [0.29, 0.717) is 41.9 Å². The average Bonchev–Trinajstić information content (AvgIpc) is 2.95. The van der Waals surface area contributed by atoms with E-state index in [2.05, 4.69) is 10.6 Å². The molecule has 2 aliphatic heterocycles. The highest BCUT2D eigenvalue weighted by Gasteiger charge is 2.40. The first-order valence-electron chi connectivity index (χ1n) is 9.56. The first kappa shape index (κ1) is 19.5. The van der Waals surface area contributed by atoms with Gasteiger partial charge >= 0.3 is 6.03 Å². The molecule has 4 rings (SSSR count). The van der Waals surface area contributed by atoms with Crippen molar-refractivity contribution < 1.29 is 13.2 Å². The minimum Gasteiger partial charge on any atom is -0.384 e. The van der Waals surface area contributed by atoms with Crippen LogP contribution in [0.3, 0.4) is 0 Å². The van der Waals surface area contributed by atoms with Gasteiger partial charge in [-0.1, -0.05) is 0 Å². The van der Waals surface area contributed by atoms with Gasteiger partial charge in [0.25, 0.3) is 5.56 Å². The third-order valence-electron chi connectivity index (χ3n) is 5.42. The number of fused-ring (bicyclic) bond motifs is 2. The van der Waals surface area contributed by atoms with Crippen molar-refractivity contribution >= 4 is 27.1 Å². The number of nitrogens with one attached hydrogen (secondary N) is 2. The molecule has 9 heteroatoms. The van der Waals surface area contributed by atoms with Gasteiger partial charge in [-0.15, -0.1) is 0 Å². The molecule has 29 heavy (non-hydrogen) atoms. The van der Waals surface area contributed by atoms with Gasteiger partial charge in [-0.05, 0) is 42.2 Å². The fourth-order valence-electron chi connectivity index (χ4n) is 4.25. The van der Waals surface area contributed by atoms with Crippen LogP contribution < -0.4 is 16.2 Å². The van der Waals surface area contributed by atoms with Crippen LogP contribution >= 0.6 is 0 Å². The lowest BCUT2D eigenvalue weighted by Crippen LogP contribution is -2.44. The molecule has 8 nitrogen and oxygen atoms in total. The number of carbonyl (C=O) groups excluding carboxylic acids is 1. The normalized spacial score (nSPS) is 20.2. The van der Waals surface area contributed by atoms with Crippen LogP contribution in [-0.4, -0.2) is 55.1 Å². The highest BCUT2D eigenvalue weighted by Crippen LogP contribution is 2.42. The number of hydrogen-bond donors (Lipinski definition) is 2. The van der Waals surface area contributed by atoms with E-state index in [4.69, 9.17) is 0 Å². The molecule has 0 bridgehead atoms. The lowest BCUT2D eigenvalue weighted by molar-refractivity contribution is 0.207. The second-order valence-corrected chi connectivity index (χ2v) is 9.75. The van der Waals surface area contributed by atoms with Crippen LogP contribution in [0.5, 0.6) is 0 Å². The van der Waals surface area contributed by atoms with Gasteiger partial charge in [0.2, 0.25) is 0 Å². The second kappa shape index (κ2) is 6.91. The maximum absolute atomic E-state index is 13.1. The number of aromatic nitrogens is 1. The predicted octanol–water partition coefficient (Wildman–Crippen LogP) is 0.829. The fourth-order valence-corrected chi connectivity index (χ4v) is 5.05. The van der Waals surface area contributed by atoms with Gasteiger partial charge in [-0.3, -0.25) is 9.69 Å². The van der Waals surface area contributed by atoms with Crippen molar-refractivity contribution in [2.75, 3.05) is 25.1 Å². The molecule has 2 N–H and O–H groups in total. The van der Waals surface area contributed by atoms with Gasteiger partial charge < -0.3 is 15.2 Å². The summed E-state index contributed by atoms with van der Waals surface area (Å²) in [5, 5.41) is 6.17. The van der Waals surface area contributed by atoms with Crippen LogP contribution in [0.25, 0.3) is 11.3 Å². The number of carbonyl (C=O) groups is 1. The van der Waals surface area contributed by atoms with Crippen molar-refractivity contribution in [1.29, 1.82) is 0 Å². The molecule has 0 radical (unpaired) electrons. The molecule has 0 spiro atoms. The van der Waals surface area contributed by atoms with Crippen molar-refractivity contribution in [2.45, 2.75) is 19.4 Å². The first-order chi connectivity index (χ1) is 13.7. The van der Waals surface area contributed by atoms with Crippen molar-refractivity contribution in [3.05, 3.63) is 57.2 Å². The summed E-state index contributed by atoms with van der Waals surface area (Å²) in [6.07, 6.45) is 7.10. The van der Waals surface area contributed by atoms with Gasteiger partial charge in [-0.2, -0.15) is 0 Å². The van der Waals surface area contributed by atoms with E-state index in [1.54, 1.807) is 36.5 Å². The smallest absolute Gasteiger partial charge is 0.321 e. The van der Waals surface area contributed by atoms with Gasteiger partial charge in [0.05, 0.1) is 23.1 Å². The molecule has 0 saturated carbocycles. The van der Waals surface area contributed by atoms with Crippen LogP contribution in [0, 0.1) is 0 Å². The molecule has 0 fully saturated rings. The highest BCUT2D eigenvalue weighted by molar-refractivity contribution is 7.91. The van der Waals surface area contributed by atoms with E-state index in [1.807, 2.05) is 6.92 Å². The Labute approximate surface area is 169 Å². The summed E-state index contributed by atoms with van der Waals surface area (Å²) in [6, 6.07) is 1.39. The number of pyridine rings is 1. The Morgan fingerprint density at radius 1 is 1.38 bits per heavy atom. The summed E-state index contributed by atoms with van der Waals surface area (Å²) in [7, 11) is -1.66. The van der Waals surface area contributed by atoms with E-state index in [1.165, 1.54) is 10.8 Å². The summed E-state index contributed by atoms with van der Waals surface area (Å²) in [6.45, 7) is 2.98. The molecule has 1 unspecified atom stereocenters. The molecule has 154 valence electrons. The Bertz CT molecular complexity index is 1160. The summed E-state index contributed by atoms with van der Waals surface area (Å²) >= 11 is 0. The largest absolute Gasteiger partial charge is 0.384 e. The van der Waals surface area contributed by atoms with Crippen molar-refractivity contribution in [3.8, 4) is 0 Å². The van der Waals surface area contributed by atoms with Gasteiger partial charge in [0, 0.05) is 44.4 Å². The summed E-state index contributed by atoms with van der Waals surface area (Å²) < 4.78 is 25.7. The first-order valence-corrected chi connectivity index (χ1v) is 11.6. The Morgan fingerprint density at radius 2 is 2.14 bits per heavy atom. The van der Waals surface area contributed by atoms with Crippen LogP contribution in [0.2, 0.25) is 0 Å². The lowest BCUT2D eigenvalue weighted by Gasteiger charge is -2.31. The van der Waals surface area contributed by atoms with Crippen molar-refractivity contribution in [3.63, 3.8) is 0 Å². The third kappa shape index (κ3) is 3.29. The Kier molecular flexibility index (Phi) is 4.65. The maximum Gasteiger partial charge on any atom is 0.321 e. The molecule has 2 amide bonds. The monoisotopic (exact) mass is 416 g/mol. The minimum absolute atomic E-state index is 0.184. The van der Waals surface area contributed by atoms with E-state index < -0.39 is 9.84 Å². The summed E-state index contributed by atoms with van der Waals surface area (Å²) in [4.78, 5) is 27.3. The number of hydrogen-bond acceptors (Lipinski definition) is 5. The molecule has 3 aliphatic rings. The number of urea groups is 1. The standard InChI is InChI=1S/C20H24N4O4S/c1-4-21-20(26)24-10-12-9-13(11-29(3,27)28)14-6-8-23(2)19(25)17(14)18-16(12)15(24)5-7-22-18/h6,8-10,15,22H,4-5,7,11H2,1-3H3,(H,21,26).